The fourth-order valence-corrected chi connectivity index (χ4v) is 4.96. The van der Waals surface area contributed by atoms with Crippen molar-refractivity contribution in [3.05, 3.63) is 59.4 Å². The number of likely N-dealkylation sites (tertiary alicyclic amines) is 1. The first kappa shape index (κ1) is 25.0. The predicted molar refractivity (Wildman–Crippen MR) is 128 cm³/mol. The molecule has 0 aliphatic carbocycles. The van der Waals surface area contributed by atoms with Gasteiger partial charge in [0.25, 0.3) is 11.8 Å². The minimum absolute atomic E-state index is 0.0157. The molecule has 5 rings (SSSR count). The van der Waals surface area contributed by atoms with Crippen LogP contribution in [-0.2, 0) is 14.3 Å². The van der Waals surface area contributed by atoms with Gasteiger partial charge in [-0.3, -0.25) is 19.3 Å². The number of hydrogen-bond acceptors (Lipinski definition) is 7. The van der Waals surface area contributed by atoms with Crippen LogP contribution in [0.25, 0.3) is 0 Å². The molecule has 2 aromatic carbocycles. The van der Waals surface area contributed by atoms with Crippen LogP contribution < -0.4 is 14.8 Å². The maximum atomic E-state index is 13.6. The van der Waals surface area contributed by atoms with Crippen LogP contribution in [0.2, 0.25) is 0 Å². The Bertz CT molecular complexity index is 1180. The summed E-state index contributed by atoms with van der Waals surface area (Å²) >= 11 is 0. The van der Waals surface area contributed by atoms with Crippen molar-refractivity contribution < 1.29 is 37.7 Å². The summed E-state index contributed by atoms with van der Waals surface area (Å²) in [5.41, 5.74) is -0.345. The van der Waals surface area contributed by atoms with E-state index in [0.717, 1.165) is 0 Å². The molecule has 3 aliphatic heterocycles. The molecule has 0 radical (unpaired) electrons. The topological polar surface area (TPSA) is 107 Å². The molecule has 1 atom stereocenters. The number of ether oxygens (including phenoxy) is 4. The van der Waals surface area contributed by atoms with Gasteiger partial charge in [-0.05, 0) is 42.5 Å². The molecule has 11 heteroatoms. The summed E-state index contributed by atoms with van der Waals surface area (Å²) in [5.74, 6) is -0.303. The zero-order valence-electron chi connectivity index (χ0n) is 20.4. The molecule has 0 unspecified atom stereocenters. The van der Waals surface area contributed by atoms with E-state index < -0.39 is 23.5 Å². The lowest BCUT2D eigenvalue weighted by molar-refractivity contribution is -0.128. The number of halogens is 1. The lowest BCUT2D eigenvalue weighted by Crippen LogP contribution is -2.60. The number of piperidine rings is 1. The first-order chi connectivity index (χ1) is 17.9. The fraction of sp³-hybridized carbons (Fsp3) is 0.423. The average Bonchev–Trinajstić information content (AvgIpc) is 3.53. The number of carbonyl (C=O) groups excluding carboxylic acids is 3. The van der Waals surface area contributed by atoms with E-state index in [9.17, 15) is 18.8 Å². The summed E-state index contributed by atoms with van der Waals surface area (Å²) in [6.07, 6.45) is 0.635. The Morgan fingerprint density at radius 1 is 1.03 bits per heavy atom. The standard InChI is InChI=1S/C26H28FN3O7/c1-34-13-10-28-23(31)20-15-37-26(30(20)25(33)17-2-5-19(27)6-3-17)8-11-29(12-9-26)24(32)18-4-7-21-22(14-18)36-16-35-21/h2-7,14,20H,8-13,15-16H2,1H3,(H,28,31)/t20-/m0/s1. The van der Waals surface area contributed by atoms with Crippen molar-refractivity contribution in [2.45, 2.75) is 24.6 Å². The van der Waals surface area contributed by atoms with E-state index in [4.69, 9.17) is 18.9 Å². The quantitative estimate of drug-likeness (QED) is 0.587. The number of carbonyl (C=O) groups is 3. The molecule has 3 aliphatic rings. The van der Waals surface area contributed by atoms with Crippen LogP contribution in [0.4, 0.5) is 4.39 Å². The van der Waals surface area contributed by atoms with Crippen molar-refractivity contribution in [2.75, 3.05) is 46.8 Å². The highest BCUT2D eigenvalue weighted by atomic mass is 19.1. The van der Waals surface area contributed by atoms with Crippen LogP contribution in [0.1, 0.15) is 33.6 Å². The van der Waals surface area contributed by atoms with E-state index in [-0.39, 0.29) is 37.3 Å². The third kappa shape index (κ3) is 4.84. The van der Waals surface area contributed by atoms with Crippen molar-refractivity contribution in [2.24, 2.45) is 0 Å². The van der Waals surface area contributed by atoms with Crippen molar-refractivity contribution in [3.8, 4) is 11.5 Å². The highest BCUT2D eigenvalue weighted by molar-refractivity contribution is 5.98. The molecule has 1 N–H and O–H groups in total. The molecule has 2 saturated heterocycles. The van der Waals surface area contributed by atoms with Crippen molar-refractivity contribution in [3.63, 3.8) is 0 Å². The monoisotopic (exact) mass is 513 g/mol. The number of fused-ring (bicyclic) bond motifs is 1. The Kier molecular flexibility index (Phi) is 6.98. The second kappa shape index (κ2) is 10.3. The van der Waals surface area contributed by atoms with Gasteiger partial charge in [0.2, 0.25) is 12.7 Å². The van der Waals surface area contributed by atoms with E-state index in [1.165, 1.54) is 36.3 Å². The normalized spacial score (nSPS) is 19.8. The van der Waals surface area contributed by atoms with E-state index >= 15 is 0 Å². The average molecular weight is 514 g/mol. The molecule has 196 valence electrons. The Labute approximate surface area is 213 Å². The summed E-state index contributed by atoms with van der Waals surface area (Å²) in [6.45, 7) is 1.38. The van der Waals surface area contributed by atoms with Crippen molar-refractivity contribution in [1.29, 1.82) is 0 Å². The van der Waals surface area contributed by atoms with Crippen LogP contribution in [0.3, 0.4) is 0 Å². The van der Waals surface area contributed by atoms with Gasteiger partial charge in [-0.1, -0.05) is 0 Å². The molecule has 0 saturated carbocycles. The Hall–Kier alpha value is -3.70. The number of amides is 3. The fourth-order valence-electron chi connectivity index (χ4n) is 4.96. The zero-order chi connectivity index (χ0) is 26.0. The first-order valence-corrected chi connectivity index (χ1v) is 12.1. The molecule has 3 amide bonds. The van der Waals surface area contributed by atoms with Gasteiger partial charge in [-0.25, -0.2) is 4.39 Å². The third-order valence-corrected chi connectivity index (χ3v) is 6.93. The molecule has 2 aromatic rings. The number of nitrogens with zero attached hydrogens (tertiary/aromatic N) is 2. The van der Waals surface area contributed by atoms with Gasteiger partial charge < -0.3 is 29.2 Å². The van der Waals surface area contributed by atoms with Crippen LogP contribution >= 0.6 is 0 Å². The lowest BCUT2D eigenvalue weighted by atomic mass is 9.96. The third-order valence-electron chi connectivity index (χ3n) is 6.93. The second-order valence-electron chi connectivity index (χ2n) is 9.10. The highest BCUT2D eigenvalue weighted by Crippen LogP contribution is 2.39. The van der Waals surface area contributed by atoms with Gasteiger partial charge in [-0.15, -0.1) is 0 Å². The summed E-state index contributed by atoms with van der Waals surface area (Å²) in [7, 11) is 1.53. The molecule has 1 spiro atoms. The van der Waals surface area contributed by atoms with Crippen LogP contribution in [0, 0.1) is 5.82 Å². The largest absolute Gasteiger partial charge is 0.454 e. The Morgan fingerprint density at radius 3 is 2.46 bits per heavy atom. The summed E-state index contributed by atoms with van der Waals surface area (Å²) in [6, 6.07) is 9.38. The summed E-state index contributed by atoms with van der Waals surface area (Å²) in [4.78, 5) is 43.0. The minimum atomic E-state index is -1.07. The van der Waals surface area contributed by atoms with Gasteiger partial charge in [0.05, 0.1) is 13.2 Å². The maximum absolute atomic E-state index is 13.6. The van der Waals surface area contributed by atoms with E-state index in [2.05, 4.69) is 5.32 Å². The Morgan fingerprint density at radius 2 is 1.73 bits per heavy atom. The molecular formula is C26H28FN3O7. The van der Waals surface area contributed by atoms with Gasteiger partial charge >= 0.3 is 0 Å². The van der Waals surface area contributed by atoms with Crippen LogP contribution in [0.15, 0.2) is 42.5 Å². The maximum Gasteiger partial charge on any atom is 0.256 e. The number of benzene rings is 2. The van der Waals surface area contributed by atoms with Gasteiger partial charge in [0.15, 0.2) is 11.5 Å². The number of hydrogen-bond donors (Lipinski definition) is 1. The number of nitrogens with one attached hydrogen (secondary N) is 1. The Balaban J connectivity index is 1.34. The first-order valence-electron chi connectivity index (χ1n) is 12.1. The van der Waals surface area contributed by atoms with Gasteiger partial charge in [0, 0.05) is 50.7 Å². The molecule has 0 bridgehead atoms. The number of rotatable bonds is 6. The van der Waals surface area contributed by atoms with E-state index in [1.54, 1.807) is 23.1 Å². The van der Waals surface area contributed by atoms with E-state index in [1.807, 2.05) is 0 Å². The predicted octanol–water partition coefficient (Wildman–Crippen LogP) is 1.79. The van der Waals surface area contributed by atoms with Crippen LogP contribution in [0.5, 0.6) is 11.5 Å². The zero-order valence-corrected chi connectivity index (χ0v) is 20.4. The van der Waals surface area contributed by atoms with Crippen LogP contribution in [-0.4, -0.2) is 86.0 Å². The van der Waals surface area contributed by atoms with Crippen molar-refractivity contribution in [1.82, 2.24) is 15.1 Å². The molecule has 3 heterocycles. The van der Waals surface area contributed by atoms with E-state index in [0.29, 0.717) is 49.6 Å². The number of methoxy groups -OCH3 is 1. The SMILES string of the molecule is COCCNC(=O)[C@@H]1COC2(CCN(C(=O)c3ccc4c(c3)OCO4)CC2)N1C(=O)c1ccc(F)cc1. The minimum Gasteiger partial charge on any atom is -0.454 e. The highest BCUT2D eigenvalue weighted by Gasteiger charge is 2.54. The molecule has 10 nitrogen and oxygen atoms in total. The van der Waals surface area contributed by atoms with Gasteiger partial charge in [0.1, 0.15) is 17.6 Å². The van der Waals surface area contributed by atoms with Gasteiger partial charge in [-0.2, -0.15) is 0 Å². The van der Waals surface area contributed by atoms with Crippen molar-refractivity contribution >= 4 is 17.7 Å². The molecule has 2 fully saturated rings. The molecule has 37 heavy (non-hydrogen) atoms. The second-order valence-corrected chi connectivity index (χ2v) is 9.10. The molecule has 0 aromatic heterocycles. The summed E-state index contributed by atoms with van der Waals surface area (Å²) < 4.78 is 35.4. The molecular weight excluding hydrogens is 485 g/mol. The summed E-state index contributed by atoms with van der Waals surface area (Å²) in [5, 5.41) is 2.78. The smallest absolute Gasteiger partial charge is 0.256 e. The lowest BCUT2D eigenvalue weighted by Gasteiger charge is -2.44.